The third-order valence-electron chi connectivity index (χ3n) is 7.01. The van der Waals surface area contributed by atoms with Gasteiger partial charge < -0.3 is 20.1 Å². The Balaban J connectivity index is 1.56. The lowest BCUT2D eigenvalue weighted by Crippen LogP contribution is -2.32. The molecular formula is C32H34F3N5O4S. The summed E-state index contributed by atoms with van der Waals surface area (Å²) in [6, 6.07) is 18.5. The maximum absolute atomic E-state index is 13.0. The second kappa shape index (κ2) is 15.0. The first kappa shape index (κ1) is 33.4. The van der Waals surface area contributed by atoms with Crippen molar-refractivity contribution >= 4 is 35.1 Å². The number of aromatic nitrogens is 2. The Labute approximate surface area is 263 Å². The molecule has 0 aliphatic carbocycles. The Morgan fingerprint density at radius 1 is 0.956 bits per heavy atom. The van der Waals surface area contributed by atoms with Crippen molar-refractivity contribution in [1.29, 1.82) is 0 Å². The van der Waals surface area contributed by atoms with Gasteiger partial charge in [0.2, 0.25) is 11.8 Å². The van der Waals surface area contributed by atoms with E-state index < -0.39 is 18.0 Å². The predicted octanol–water partition coefficient (Wildman–Crippen LogP) is 6.57. The average Bonchev–Trinajstić information content (AvgIpc) is 3.48. The van der Waals surface area contributed by atoms with Crippen LogP contribution in [0.1, 0.15) is 30.5 Å². The van der Waals surface area contributed by atoms with E-state index >= 15 is 0 Å². The van der Waals surface area contributed by atoms with Gasteiger partial charge in [0, 0.05) is 23.9 Å². The number of benzene rings is 3. The van der Waals surface area contributed by atoms with Gasteiger partial charge in [-0.15, -0.1) is 0 Å². The maximum atomic E-state index is 13.0. The van der Waals surface area contributed by atoms with E-state index in [9.17, 15) is 22.8 Å². The van der Waals surface area contributed by atoms with Gasteiger partial charge in [0.1, 0.15) is 17.4 Å². The minimum absolute atomic E-state index is 0.106. The Morgan fingerprint density at radius 2 is 1.71 bits per heavy atom. The molecule has 0 aliphatic rings. The molecule has 4 aromatic rings. The Morgan fingerprint density at radius 3 is 2.40 bits per heavy atom. The summed E-state index contributed by atoms with van der Waals surface area (Å²) in [7, 11) is 3.14. The van der Waals surface area contributed by atoms with E-state index in [-0.39, 0.29) is 18.0 Å². The molecule has 0 radical (unpaired) electrons. The van der Waals surface area contributed by atoms with Gasteiger partial charge >= 0.3 is 6.18 Å². The molecule has 1 aromatic heterocycles. The van der Waals surface area contributed by atoms with Crippen LogP contribution < -0.4 is 24.8 Å². The Kier molecular flexibility index (Phi) is 11.1. The fourth-order valence-corrected chi connectivity index (χ4v) is 5.26. The van der Waals surface area contributed by atoms with E-state index in [1.807, 2.05) is 43.3 Å². The molecule has 3 aromatic carbocycles. The molecule has 0 saturated carbocycles. The van der Waals surface area contributed by atoms with Crippen LogP contribution in [-0.4, -0.2) is 42.0 Å². The lowest BCUT2D eigenvalue weighted by Gasteiger charge is -2.15. The number of halogens is 3. The molecule has 0 fully saturated rings. The summed E-state index contributed by atoms with van der Waals surface area (Å²) in [5.74, 6) is -2.26. The number of amides is 2. The largest absolute Gasteiger partial charge is 0.497 e. The number of ether oxygens (including phenoxy) is 2. The van der Waals surface area contributed by atoms with Crippen molar-refractivity contribution in [2.24, 2.45) is 5.92 Å². The molecule has 4 rings (SSSR count). The van der Waals surface area contributed by atoms with Crippen LogP contribution in [0.25, 0.3) is 5.69 Å². The second-order valence-electron chi connectivity index (χ2n) is 10.1. The van der Waals surface area contributed by atoms with Crippen LogP contribution in [0.3, 0.4) is 0 Å². The van der Waals surface area contributed by atoms with E-state index in [0.717, 1.165) is 30.0 Å². The minimum Gasteiger partial charge on any atom is -0.497 e. The lowest BCUT2D eigenvalue weighted by atomic mass is 10.0. The molecule has 1 unspecified atom stereocenters. The number of aryl methyl sites for hydroxylation is 1. The van der Waals surface area contributed by atoms with Gasteiger partial charge in [-0.3, -0.25) is 14.3 Å². The monoisotopic (exact) mass is 641 g/mol. The summed E-state index contributed by atoms with van der Waals surface area (Å²) < 4.78 is 54.5. The zero-order valence-electron chi connectivity index (χ0n) is 25.2. The molecule has 1 heterocycles. The summed E-state index contributed by atoms with van der Waals surface area (Å²) in [6.07, 6.45) is -0.951. The second-order valence-corrected chi connectivity index (χ2v) is 11.0. The van der Waals surface area contributed by atoms with Crippen LogP contribution in [0, 0.1) is 5.92 Å². The van der Waals surface area contributed by atoms with E-state index in [4.69, 9.17) is 9.47 Å². The minimum atomic E-state index is -4.67. The highest BCUT2D eigenvalue weighted by Gasteiger charge is 2.41. The molecule has 0 aliphatic heterocycles. The smallest absolute Gasteiger partial charge is 0.400 e. The molecule has 3 N–H and O–H groups in total. The van der Waals surface area contributed by atoms with Gasteiger partial charge in [0.25, 0.3) is 0 Å². The van der Waals surface area contributed by atoms with Crippen molar-refractivity contribution in [3.63, 3.8) is 0 Å². The number of alkyl halides is 3. The first-order valence-electron chi connectivity index (χ1n) is 14.1. The highest BCUT2D eigenvalue weighted by Crippen LogP contribution is 2.31. The topological polar surface area (TPSA) is 107 Å². The zero-order chi connectivity index (χ0) is 32.6. The number of carbonyl (C=O) groups excluding carboxylic acids is 2. The number of nitrogens with one attached hydrogen (secondary N) is 3. The van der Waals surface area contributed by atoms with E-state index in [1.54, 1.807) is 38.5 Å². The standard InChI is InChI=1S/C32H34F3N5O4S/c1-5-21-8-6-7-9-22(21)14-30(41)38-24-11-13-27(40-19-25(18-36-40)39-31(42)20(2)32(33,34)35)29(15-24)45-37-17-23-10-12-26(43-3)16-28(23)44-4/h6-13,15-16,18-20,37H,5,14,17H2,1-4H3,(H,38,41)(H,39,42). The number of hydrogen-bond donors (Lipinski definition) is 3. The normalized spacial score (nSPS) is 12.0. The van der Waals surface area contributed by atoms with Crippen LogP contribution in [0.4, 0.5) is 24.5 Å². The van der Waals surface area contributed by atoms with Crippen molar-refractivity contribution in [3.8, 4) is 17.2 Å². The fraction of sp³-hybridized carbons (Fsp3) is 0.281. The van der Waals surface area contributed by atoms with Gasteiger partial charge in [-0.2, -0.15) is 18.3 Å². The third-order valence-corrected chi connectivity index (χ3v) is 7.85. The van der Waals surface area contributed by atoms with E-state index in [0.29, 0.717) is 34.3 Å². The number of carbonyl (C=O) groups is 2. The molecule has 9 nitrogen and oxygen atoms in total. The number of anilines is 2. The van der Waals surface area contributed by atoms with Crippen LogP contribution in [0.15, 0.2) is 78.0 Å². The Bertz CT molecular complexity index is 1640. The molecule has 0 spiro atoms. The molecule has 0 saturated heterocycles. The highest BCUT2D eigenvalue weighted by molar-refractivity contribution is 7.97. The predicted molar refractivity (Wildman–Crippen MR) is 168 cm³/mol. The maximum Gasteiger partial charge on any atom is 0.400 e. The highest BCUT2D eigenvalue weighted by atomic mass is 32.2. The summed E-state index contributed by atoms with van der Waals surface area (Å²) in [5.41, 5.74) is 4.13. The Hall–Kier alpha value is -4.49. The van der Waals surface area contributed by atoms with Gasteiger partial charge in [-0.05, 0) is 60.7 Å². The first-order chi connectivity index (χ1) is 21.5. The number of rotatable bonds is 13. The number of methoxy groups -OCH3 is 2. The van der Waals surface area contributed by atoms with Gasteiger partial charge in [-0.25, -0.2) is 4.68 Å². The van der Waals surface area contributed by atoms with Crippen LogP contribution >= 0.6 is 11.9 Å². The molecule has 13 heteroatoms. The van der Waals surface area contributed by atoms with Crippen LogP contribution in [-0.2, 0) is 29.0 Å². The summed E-state index contributed by atoms with van der Waals surface area (Å²) in [4.78, 5) is 25.7. The zero-order valence-corrected chi connectivity index (χ0v) is 26.0. The van der Waals surface area contributed by atoms with Gasteiger partial charge in [-0.1, -0.05) is 37.3 Å². The van der Waals surface area contributed by atoms with Crippen LogP contribution in [0.2, 0.25) is 0 Å². The van der Waals surface area contributed by atoms with E-state index in [2.05, 4.69) is 20.5 Å². The molecule has 45 heavy (non-hydrogen) atoms. The summed E-state index contributed by atoms with van der Waals surface area (Å²) in [5, 5.41) is 9.48. The quantitative estimate of drug-likeness (QED) is 0.142. The molecule has 1 atom stereocenters. The molecule has 2 amide bonds. The number of hydrogen-bond acceptors (Lipinski definition) is 7. The van der Waals surface area contributed by atoms with Crippen molar-refractivity contribution in [2.45, 2.75) is 44.3 Å². The molecule has 0 bridgehead atoms. The van der Waals surface area contributed by atoms with Crippen molar-refractivity contribution in [3.05, 3.63) is 89.7 Å². The van der Waals surface area contributed by atoms with E-state index in [1.165, 1.54) is 29.0 Å². The summed E-state index contributed by atoms with van der Waals surface area (Å²) >= 11 is 1.26. The third kappa shape index (κ3) is 8.79. The fourth-order valence-electron chi connectivity index (χ4n) is 4.42. The number of nitrogens with zero attached hydrogens (tertiary/aromatic N) is 2. The molecule has 238 valence electrons. The lowest BCUT2D eigenvalue weighted by molar-refractivity contribution is -0.175. The van der Waals surface area contributed by atoms with Crippen molar-refractivity contribution in [2.75, 3.05) is 24.9 Å². The average molecular weight is 642 g/mol. The van der Waals surface area contributed by atoms with Gasteiger partial charge in [0.05, 0.1) is 49.3 Å². The SMILES string of the molecule is CCc1ccccc1CC(=O)Nc1ccc(-n2cc(NC(=O)C(C)C(F)(F)F)cn2)c(SNCc2ccc(OC)cc2OC)c1. The van der Waals surface area contributed by atoms with Crippen molar-refractivity contribution in [1.82, 2.24) is 14.5 Å². The van der Waals surface area contributed by atoms with Crippen molar-refractivity contribution < 1.29 is 32.2 Å². The first-order valence-corrected chi connectivity index (χ1v) is 14.9. The van der Waals surface area contributed by atoms with Crippen LogP contribution in [0.5, 0.6) is 11.5 Å². The molecular weight excluding hydrogens is 607 g/mol. The summed E-state index contributed by atoms with van der Waals surface area (Å²) in [6.45, 7) is 3.24. The van der Waals surface area contributed by atoms with Gasteiger partial charge in [0.15, 0.2) is 0 Å².